The second kappa shape index (κ2) is 6.35. The summed E-state index contributed by atoms with van der Waals surface area (Å²) in [6.45, 7) is 1.79. The van der Waals surface area contributed by atoms with Crippen LogP contribution in [0.1, 0.15) is 45.4 Å². The average molecular weight is 228 g/mol. The van der Waals surface area contributed by atoms with Gasteiger partial charge in [0.2, 0.25) is 5.91 Å². The third kappa shape index (κ3) is 3.40. The molecule has 16 heavy (non-hydrogen) atoms. The van der Waals surface area contributed by atoms with E-state index in [9.17, 15) is 9.59 Å². The SMILES string of the molecule is CCC(=O)N(NC(=O)OC)C1CCCCC1. The summed E-state index contributed by atoms with van der Waals surface area (Å²) in [6, 6.07) is 0.125. The van der Waals surface area contributed by atoms with Gasteiger partial charge in [-0.05, 0) is 12.8 Å². The van der Waals surface area contributed by atoms with E-state index in [2.05, 4.69) is 10.2 Å². The normalized spacial score (nSPS) is 16.6. The first-order valence-corrected chi connectivity index (χ1v) is 5.85. The Hall–Kier alpha value is -1.26. The smallest absolute Gasteiger partial charge is 0.425 e. The van der Waals surface area contributed by atoms with Crippen LogP contribution in [0.3, 0.4) is 0 Å². The summed E-state index contributed by atoms with van der Waals surface area (Å²) < 4.78 is 4.52. The number of carbonyl (C=O) groups excluding carboxylic acids is 2. The molecular weight excluding hydrogens is 208 g/mol. The van der Waals surface area contributed by atoms with E-state index < -0.39 is 6.09 Å². The number of carbonyl (C=O) groups is 2. The molecule has 1 aliphatic carbocycles. The van der Waals surface area contributed by atoms with Gasteiger partial charge >= 0.3 is 6.09 Å². The molecule has 0 aromatic carbocycles. The van der Waals surface area contributed by atoms with Crippen LogP contribution < -0.4 is 5.43 Å². The molecular formula is C11H20N2O3. The van der Waals surface area contributed by atoms with Crippen molar-refractivity contribution in [2.24, 2.45) is 0 Å². The summed E-state index contributed by atoms with van der Waals surface area (Å²) in [5.74, 6) is -0.0581. The first-order valence-electron chi connectivity index (χ1n) is 5.85. The third-order valence-corrected chi connectivity index (χ3v) is 2.91. The highest BCUT2D eigenvalue weighted by Crippen LogP contribution is 2.21. The molecule has 0 spiro atoms. The zero-order chi connectivity index (χ0) is 12.0. The van der Waals surface area contributed by atoms with E-state index in [-0.39, 0.29) is 11.9 Å². The maximum atomic E-state index is 11.7. The highest BCUT2D eigenvalue weighted by Gasteiger charge is 2.26. The number of nitrogens with one attached hydrogen (secondary N) is 1. The molecule has 1 N–H and O–H groups in total. The molecule has 1 fully saturated rings. The third-order valence-electron chi connectivity index (χ3n) is 2.91. The molecule has 2 amide bonds. The second-order valence-electron chi connectivity index (χ2n) is 4.01. The number of nitrogens with zero attached hydrogens (tertiary/aromatic N) is 1. The highest BCUT2D eigenvalue weighted by atomic mass is 16.5. The van der Waals surface area contributed by atoms with Crippen molar-refractivity contribution in [2.75, 3.05) is 7.11 Å². The predicted octanol–water partition coefficient (Wildman–Crippen LogP) is 1.83. The molecule has 92 valence electrons. The largest absolute Gasteiger partial charge is 0.452 e. The van der Waals surface area contributed by atoms with Crippen LogP contribution in [0.4, 0.5) is 4.79 Å². The van der Waals surface area contributed by atoms with Crippen LogP contribution in [0.25, 0.3) is 0 Å². The number of rotatable bonds is 2. The number of methoxy groups -OCH3 is 1. The van der Waals surface area contributed by atoms with Crippen LogP contribution in [-0.2, 0) is 9.53 Å². The van der Waals surface area contributed by atoms with Crippen LogP contribution in [0.15, 0.2) is 0 Å². The van der Waals surface area contributed by atoms with E-state index in [1.54, 1.807) is 6.92 Å². The topological polar surface area (TPSA) is 58.6 Å². The van der Waals surface area contributed by atoms with E-state index in [0.29, 0.717) is 6.42 Å². The molecule has 1 rings (SSSR count). The van der Waals surface area contributed by atoms with Gasteiger partial charge in [0.05, 0.1) is 13.2 Å². The van der Waals surface area contributed by atoms with Crippen LogP contribution in [0.2, 0.25) is 0 Å². The fourth-order valence-electron chi connectivity index (χ4n) is 2.01. The minimum absolute atomic E-state index is 0.0581. The van der Waals surface area contributed by atoms with E-state index in [1.165, 1.54) is 18.5 Å². The Kier molecular flexibility index (Phi) is 5.08. The van der Waals surface area contributed by atoms with Crippen molar-refractivity contribution >= 4 is 12.0 Å². The molecule has 0 aromatic rings. The van der Waals surface area contributed by atoms with Crippen molar-refractivity contribution in [3.63, 3.8) is 0 Å². The van der Waals surface area contributed by atoms with E-state index in [1.807, 2.05) is 0 Å². The minimum Gasteiger partial charge on any atom is -0.452 e. The monoisotopic (exact) mass is 228 g/mol. The fourth-order valence-corrected chi connectivity index (χ4v) is 2.01. The summed E-state index contributed by atoms with van der Waals surface area (Å²) in [7, 11) is 1.30. The predicted molar refractivity (Wildman–Crippen MR) is 59.6 cm³/mol. The van der Waals surface area contributed by atoms with Crippen molar-refractivity contribution in [1.82, 2.24) is 10.4 Å². The van der Waals surface area contributed by atoms with E-state index in [4.69, 9.17) is 0 Å². The average Bonchev–Trinajstić information content (AvgIpc) is 2.35. The van der Waals surface area contributed by atoms with E-state index >= 15 is 0 Å². The van der Waals surface area contributed by atoms with Crippen LogP contribution in [0.5, 0.6) is 0 Å². The lowest BCUT2D eigenvalue weighted by Gasteiger charge is -2.33. The van der Waals surface area contributed by atoms with Crippen molar-refractivity contribution in [1.29, 1.82) is 0 Å². The number of hydrogen-bond donors (Lipinski definition) is 1. The molecule has 0 atom stereocenters. The highest BCUT2D eigenvalue weighted by molar-refractivity contribution is 5.79. The number of hydrazine groups is 1. The first kappa shape index (κ1) is 12.8. The Labute approximate surface area is 96.1 Å². The molecule has 0 bridgehead atoms. The van der Waals surface area contributed by atoms with Gasteiger partial charge in [0.25, 0.3) is 0 Å². The van der Waals surface area contributed by atoms with Gasteiger partial charge in [0.1, 0.15) is 0 Å². The Balaban J connectivity index is 2.61. The van der Waals surface area contributed by atoms with Crippen molar-refractivity contribution in [3.8, 4) is 0 Å². The zero-order valence-corrected chi connectivity index (χ0v) is 9.99. The number of ether oxygens (including phenoxy) is 1. The van der Waals surface area contributed by atoms with Crippen molar-refractivity contribution < 1.29 is 14.3 Å². The second-order valence-corrected chi connectivity index (χ2v) is 4.01. The molecule has 0 unspecified atom stereocenters. The summed E-state index contributed by atoms with van der Waals surface area (Å²) in [5.41, 5.74) is 2.51. The summed E-state index contributed by atoms with van der Waals surface area (Å²) in [6.07, 6.45) is 5.16. The molecule has 0 aliphatic heterocycles. The first-order chi connectivity index (χ1) is 7.69. The summed E-state index contributed by atoms with van der Waals surface area (Å²) in [4.78, 5) is 22.9. The lowest BCUT2D eigenvalue weighted by Crippen LogP contribution is -2.52. The van der Waals surface area contributed by atoms with E-state index in [0.717, 1.165) is 25.7 Å². The molecule has 0 aromatic heterocycles. The number of hydrogen-bond acceptors (Lipinski definition) is 3. The van der Waals surface area contributed by atoms with Gasteiger partial charge in [0, 0.05) is 6.42 Å². The maximum absolute atomic E-state index is 11.7. The summed E-state index contributed by atoms with van der Waals surface area (Å²) in [5, 5.41) is 1.45. The molecule has 0 saturated heterocycles. The van der Waals surface area contributed by atoms with Crippen LogP contribution in [-0.4, -0.2) is 30.2 Å². The lowest BCUT2D eigenvalue weighted by atomic mass is 9.95. The standard InChI is InChI=1S/C11H20N2O3/c1-3-10(14)13(12-11(15)16-2)9-7-5-4-6-8-9/h9H,3-8H2,1-2H3,(H,12,15). The van der Waals surface area contributed by atoms with Gasteiger partial charge in [-0.1, -0.05) is 26.2 Å². The Morgan fingerprint density at radius 3 is 2.44 bits per heavy atom. The van der Waals surface area contributed by atoms with Gasteiger partial charge in [0.15, 0.2) is 0 Å². The van der Waals surface area contributed by atoms with Crippen LogP contribution >= 0.6 is 0 Å². The van der Waals surface area contributed by atoms with Gasteiger partial charge in [-0.15, -0.1) is 0 Å². The zero-order valence-electron chi connectivity index (χ0n) is 9.99. The van der Waals surface area contributed by atoms with Gasteiger partial charge in [-0.2, -0.15) is 0 Å². The van der Waals surface area contributed by atoms with Gasteiger partial charge in [-0.3, -0.25) is 4.79 Å². The maximum Gasteiger partial charge on any atom is 0.425 e. The van der Waals surface area contributed by atoms with Crippen molar-refractivity contribution in [2.45, 2.75) is 51.5 Å². The Morgan fingerprint density at radius 1 is 1.31 bits per heavy atom. The van der Waals surface area contributed by atoms with Gasteiger partial charge in [-0.25, -0.2) is 15.2 Å². The Morgan fingerprint density at radius 2 is 1.94 bits per heavy atom. The molecule has 5 nitrogen and oxygen atoms in total. The number of amides is 2. The Bertz CT molecular complexity index is 250. The minimum atomic E-state index is -0.577. The van der Waals surface area contributed by atoms with Crippen LogP contribution in [0, 0.1) is 0 Å². The molecule has 0 heterocycles. The van der Waals surface area contributed by atoms with Gasteiger partial charge < -0.3 is 4.74 Å². The lowest BCUT2D eigenvalue weighted by molar-refractivity contribution is -0.137. The molecule has 5 heteroatoms. The molecule has 0 radical (unpaired) electrons. The molecule has 1 saturated carbocycles. The fraction of sp³-hybridized carbons (Fsp3) is 0.818. The quantitative estimate of drug-likeness (QED) is 0.733. The van der Waals surface area contributed by atoms with Crippen molar-refractivity contribution in [3.05, 3.63) is 0 Å². The molecule has 1 aliphatic rings. The summed E-state index contributed by atoms with van der Waals surface area (Å²) >= 11 is 0.